The van der Waals surface area contributed by atoms with E-state index in [1.807, 2.05) is 19.1 Å². The van der Waals surface area contributed by atoms with Crippen LogP contribution in [0, 0.1) is 0 Å². The van der Waals surface area contributed by atoms with Crippen molar-refractivity contribution in [3.63, 3.8) is 0 Å². The highest BCUT2D eigenvalue weighted by atomic mass is 16.5. The van der Waals surface area contributed by atoms with Crippen molar-refractivity contribution in [2.75, 3.05) is 13.2 Å². The summed E-state index contributed by atoms with van der Waals surface area (Å²) in [4.78, 5) is 21.8. The van der Waals surface area contributed by atoms with Gasteiger partial charge in [-0.25, -0.2) is 4.79 Å². The first-order chi connectivity index (χ1) is 9.61. The Kier molecular flexibility index (Phi) is 7.06. The Morgan fingerprint density at radius 1 is 1.30 bits per heavy atom. The van der Waals surface area contributed by atoms with Crippen molar-refractivity contribution >= 4 is 18.0 Å². The van der Waals surface area contributed by atoms with Crippen LogP contribution in [0.5, 0.6) is 0 Å². The molecule has 108 valence electrons. The van der Waals surface area contributed by atoms with Crippen LogP contribution in [0.25, 0.3) is 6.08 Å². The summed E-state index contributed by atoms with van der Waals surface area (Å²) < 4.78 is 5.10. The average Bonchev–Trinajstić information content (AvgIpc) is 2.44. The van der Waals surface area contributed by atoms with E-state index in [0.29, 0.717) is 26.2 Å². The molecule has 0 unspecified atom stereocenters. The second kappa shape index (κ2) is 8.87. The number of aliphatic carboxylic acids is 1. The van der Waals surface area contributed by atoms with E-state index < -0.39 is 5.97 Å². The van der Waals surface area contributed by atoms with Gasteiger partial charge in [0.2, 0.25) is 5.91 Å². The molecule has 1 aromatic carbocycles. The Balaban J connectivity index is 2.38. The van der Waals surface area contributed by atoms with Gasteiger partial charge >= 0.3 is 5.97 Å². The molecular weight excluding hydrogens is 258 g/mol. The van der Waals surface area contributed by atoms with Gasteiger partial charge in [-0.1, -0.05) is 24.3 Å². The van der Waals surface area contributed by atoms with Gasteiger partial charge in [0, 0.05) is 25.6 Å². The number of amides is 1. The van der Waals surface area contributed by atoms with Crippen LogP contribution in [0.15, 0.2) is 30.3 Å². The fourth-order valence-electron chi connectivity index (χ4n) is 1.51. The summed E-state index contributed by atoms with van der Waals surface area (Å²) in [6.07, 6.45) is 2.96. The van der Waals surface area contributed by atoms with Crippen molar-refractivity contribution in [1.82, 2.24) is 5.32 Å². The normalized spacial score (nSPS) is 10.7. The number of rotatable bonds is 8. The van der Waals surface area contributed by atoms with Crippen molar-refractivity contribution in [2.24, 2.45) is 0 Å². The van der Waals surface area contributed by atoms with E-state index in [1.165, 1.54) is 6.08 Å². The van der Waals surface area contributed by atoms with Crippen LogP contribution in [-0.2, 0) is 20.9 Å². The Morgan fingerprint density at radius 2 is 2.00 bits per heavy atom. The second-order valence-corrected chi connectivity index (χ2v) is 4.14. The van der Waals surface area contributed by atoms with Gasteiger partial charge in [0.1, 0.15) is 0 Å². The molecule has 0 saturated carbocycles. The Bertz CT molecular complexity index is 465. The van der Waals surface area contributed by atoms with Gasteiger partial charge in [0.15, 0.2) is 0 Å². The lowest BCUT2D eigenvalue weighted by atomic mass is 10.1. The second-order valence-electron chi connectivity index (χ2n) is 4.14. The summed E-state index contributed by atoms with van der Waals surface area (Å²) in [5.41, 5.74) is 1.76. The van der Waals surface area contributed by atoms with Crippen molar-refractivity contribution in [2.45, 2.75) is 19.9 Å². The number of carboxylic acid groups (broad SMARTS) is 1. The number of nitrogens with one attached hydrogen (secondary N) is 1. The summed E-state index contributed by atoms with van der Waals surface area (Å²) >= 11 is 0. The van der Waals surface area contributed by atoms with Crippen LogP contribution < -0.4 is 5.32 Å². The first kappa shape index (κ1) is 15.9. The highest BCUT2D eigenvalue weighted by Crippen LogP contribution is 2.06. The quantitative estimate of drug-likeness (QED) is 0.561. The van der Waals surface area contributed by atoms with Gasteiger partial charge in [-0.2, -0.15) is 0 Å². The van der Waals surface area contributed by atoms with E-state index in [2.05, 4.69) is 5.32 Å². The van der Waals surface area contributed by atoms with Gasteiger partial charge in [-0.3, -0.25) is 4.79 Å². The Hall–Kier alpha value is -2.14. The molecule has 0 radical (unpaired) electrons. The van der Waals surface area contributed by atoms with Gasteiger partial charge in [-0.05, 0) is 24.1 Å². The molecule has 20 heavy (non-hydrogen) atoms. The minimum atomic E-state index is -0.976. The molecule has 2 N–H and O–H groups in total. The summed E-state index contributed by atoms with van der Waals surface area (Å²) in [5, 5.41) is 11.3. The molecule has 0 fully saturated rings. The molecule has 0 saturated heterocycles. The zero-order valence-electron chi connectivity index (χ0n) is 11.5. The third-order valence-corrected chi connectivity index (χ3v) is 2.57. The standard InChI is InChI=1S/C15H19NO4/c1-2-20-10-9-14(17)16-11-13-5-3-12(4-6-13)7-8-15(18)19/h3-8H,2,9-11H2,1H3,(H,16,17)(H,18,19). The third-order valence-electron chi connectivity index (χ3n) is 2.57. The van der Waals surface area contributed by atoms with E-state index >= 15 is 0 Å². The molecule has 0 aliphatic carbocycles. The molecule has 1 rings (SSSR count). The SMILES string of the molecule is CCOCCC(=O)NCc1ccc(C=CC(=O)O)cc1. The zero-order chi connectivity index (χ0) is 14.8. The number of carbonyl (C=O) groups is 2. The van der Waals surface area contributed by atoms with Crippen LogP contribution in [0.2, 0.25) is 0 Å². The van der Waals surface area contributed by atoms with E-state index in [0.717, 1.165) is 17.2 Å². The maximum absolute atomic E-state index is 11.5. The lowest BCUT2D eigenvalue weighted by Crippen LogP contribution is -2.23. The van der Waals surface area contributed by atoms with Crippen molar-refractivity contribution in [3.05, 3.63) is 41.5 Å². The molecule has 0 bridgehead atoms. The number of carboxylic acids is 1. The van der Waals surface area contributed by atoms with Gasteiger partial charge in [0.05, 0.1) is 6.61 Å². The van der Waals surface area contributed by atoms with Crippen LogP contribution in [0.1, 0.15) is 24.5 Å². The van der Waals surface area contributed by atoms with E-state index in [9.17, 15) is 9.59 Å². The fraction of sp³-hybridized carbons (Fsp3) is 0.333. The topological polar surface area (TPSA) is 75.6 Å². The van der Waals surface area contributed by atoms with Gasteiger partial charge in [-0.15, -0.1) is 0 Å². The minimum absolute atomic E-state index is 0.0479. The van der Waals surface area contributed by atoms with Crippen LogP contribution in [0.4, 0.5) is 0 Å². The monoisotopic (exact) mass is 277 g/mol. The maximum Gasteiger partial charge on any atom is 0.328 e. The molecule has 1 aromatic rings. The number of benzene rings is 1. The molecule has 0 spiro atoms. The molecule has 5 nitrogen and oxygen atoms in total. The molecule has 0 aliphatic heterocycles. The number of hydrogen-bond acceptors (Lipinski definition) is 3. The predicted molar refractivity (Wildman–Crippen MR) is 76.1 cm³/mol. The predicted octanol–water partition coefficient (Wildman–Crippen LogP) is 1.83. The fourth-order valence-corrected chi connectivity index (χ4v) is 1.51. The van der Waals surface area contributed by atoms with Gasteiger partial charge < -0.3 is 15.2 Å². The summed E-state index contributed by atoms with van der Waals surface area (Å²) in [5.74, 6) is -1.02. The lowest BCUT2D eigenvalue weighted by molar-refractivity contribution is -0.131. The summed E-state index contributed by atoms with van der Waals surface area (Å²) in [7, 11) is 0. The van der Waals surface area contributed by atoms with E-state index in [-0.39, 0.29) is 5.91 Å². The maximum atomic E-state index is 11.5. The highest BCUT2D eigenvalue weighted by Gasteiger charge is 2.01. The molecule has 0 atom stereocenters. The Morgan fingerprint density at radius 3 is 2.60 bits per heavy atom. The highest BCUT2D eigenvalue weighted by molar-refractivity contribution is 5.85. The third kappa shape index (κ3) is 6.70. The summed E-state index contributed by atoms with van der Waals surface area (Å²) in [6, 6.07) is 7.32. The van der Waals surface area contributed by atoms with Crippen molar-refractivity contribution in [1.29, 1.82) is 0 Å². The van der Waals surface area contributed by atoms with Crippen LogP contribution in [0.3, 0.4) is 0 Å². The van der Waals surface area contributed by atoms with Crippen LogP contribution >= 0.6 is 0 Å². The summed E-state index contributed by atoms with van der Waals surface area (Å²) in [6.45, 7) is 3.38. The largest absolute Gasteiger partial charge is 0.478 e. The van der Waals surface area contributed by atoms with Crippen molar-refractivity contribution in [3.8, 4) is 0 Å². The number of hydrogen-bond donors (Lipinski definition) is 2. The average molecular weight is 277 g/mol. The van der Waals surface area contributed by atoms with Crippen LogP contribution in [-0.4, -0.2) is 30.2 Å². The van der Waals surface area contributed by atoms with E-state index in [4.69, 9.17) is 9.84 Å². The van der Waals surface area contributed by atoms with Crippen molar-refractivity contribution < 1.29 is 19.4 Å². The van der Waals surface area contributed by atoms with Gasteiger partial charge in [0.25, 0.3) is 0 Å². The molecule has 0 heterocycles. The molecule has 5 heteroatoms. The lowest BCUT2D eigenvalue weighted by Gasteiger charge is -2.06. The number of carbonyl (C=O) groups excluding carboxylic acids is 1. The minimum Gasteiger partial charge on any atom is -0.478 e. The van der Waals surface area contributed by atoms with E-state index in [1.54, 1.807) is 12.1 Å². The molecular formula is C15H19NO4. The molecule has 0 aromatic heterocycles. The smallest absolute Gasteiger partial charge is 0.328 e. The zero-order valence-corrected chi connectivity index (χ0v) is 11.5. The molecule has 1 amide bonds. The molecule has 0 aliphatic rings. The first-order valence-corrected chi connectivity index (χ1v) is 6.46. The number of ether oxygens (including phenoxy) is 1. The Labute approximate surface area is 118 Å². The first-order valence-electron chi connectivity index (χ1n) is 6.46.